The van der Waals surface area contributed by atoms with Crippen LogP contribution in [0.2, 0.25) is 0 Å². The number of thiophene rings is 2. The molecule has 0 aliphatic rings. The second-order valence-electron chi connectivity index (χ2n) is 15.9. The summed E-state index contributed by atoms with van der Waals surface area (Å²) in [7, 11) is -3.29. The van der Waals surface area contributed by atoms with Gasteiger partial charge < -0.3 is 4.57 Å². The van der Waals surface area contributed by atoms with Gasteiger partial charge in [0.1, 0.15) is 0 Å². The SMILES string of the molecule is O[PH](c1ccccc1)(c1ccccc1)c1ccc(-n2c3cc4ccsc4cc3c3c2c2cc4sccc4cc2n3-c2ccc(-n3c4ccccc4c4ccccc43)cc2)cc1. The van der Waals surface area contributed by atoms with Crippen LogP contribution in [0.5, 0.6) is 0 Å². The van der Waals surface area contributed by atoms with E-state index in [1.54, 1.807) is 22.7 Å². The summed E-state index contributed by atoms with van der Waals surface area (Å²) in [6.45, 7) is 0. The van der Waals surface area contributed by atoms with E-state index >= 15 is 0 Å². The monoisotopic (exact) mass is 837 g/mol. The number of fused-ring (bicyclic) bond motifs is 10. The third-order valence-corrected chi connectivity index (χ3v) is 17.9. The molecular weight excluding hydrogens is 802 g/mol. The van der Waals surface area contributed by atoms with Crippen molar-refractivity contribution in [3.63, 3.8) is 0 Å². The van der Waals surface area contributed by atoms with Crippen LogP contribution in [-0.2, 0) is 0 Å². The van der Waals surface area contributed by atoms with Gasteiger partial charge in [0.25, 0.3) is 0 Å². The Bertz CT molecular complexity index is 3710. The maximum absolute atomic E-state index is 12.8. The van der Waals surface area contributed by atoms with Crippen LogP contribution in [0.3, 0.4) is 0 Å². The van der Waals surface area contributed by atoms with Crippen LogP contribution in [0.1, 0.15) is 0 Å². The van der Waals surface area contributed by atoms with Gasteiger partial charge in [0.05, 0.1) is 11.0 Å². The fourth-order valence-electron chi connectivity index (χ4n) is 9.89. The van der Waals surface area contributed by atoms with Crippen LogP contribution in [0.4, 0.5) is 0 Å². The Kier molecular flexibility index (Phi) is 7.67. The molecule has 7 heteroatoms. The topological polar surface area (TPSA) is 35.0 Å². The summed E-state index contributed by atoms with van der Waals surface area (Å²) in [6.07, 6.45) is 0. The molecular formula is C54H36N3OPS2. The van der Waals surface area contributed by atoms with Gasteiger partial charge in [-0.2, -0.15) is 0 Å². The molecule has 0 aliphatic carbocycles. The first kappa shape index (κ1) is 35.0. The van der Waals surface area contributed by atoms with Crippen LogP contribution in [0.25, 0.3) is 91.9 Å². The fourth-order valence-corrected chi connectivity index (χ4v) is 14.5. The first-order valence-electron chi connectivity index (χ1n) is 20.5. The number of para-hydroxylation sites is 2. The van der Waals surface area contributed by atoms with Crippen molar-refractivity contribution < 1.29 is 4.89 Å². The Morgan fingerprint density at radius 2 is 0.738 bits per heavy atom. The summed E-state index contributed by atoms with van der Waals surface area (Å²) in [4.78, 5) is 12.8. The Morgan fingerprint density at radius 1 is 0.344 bits per heavy atom. The zero-order valence-corrected chi connectivity index (χ0v) is 35.4. The summed E-state index contributed by atoms with van der Waals surface area (Å²) >= 11 is 3.58. The van der Waals surface area contributed by atoms with Crippen molar-refractivity contribution in [3.05, 3.63) is 205 Å². The molecule has 0 aliphatic heterocycles. The predicted molar refractivity (Wildman–Crippen MR) is 265 cm³/mol. The molecule has 8 aromatic carbocycles. The molecule has 1 N–H and O–H groups in total. The van der Waals surface area contributed by atoms with Gasteiger partial charge in [-0.05, 0) is 12.1 Å². The zero-order valence-electron chi connectivity index (χ0n) is 32.7. The Morgan fingerprint density at radius 3 is 1.21 bits per heavy atom. The van der Waals surface area contributed by atoms with Crippen molar-refractivity contribution in [2.45, 2.75) is 0 Å². The van der Waals surface area contributed by atoms with Crippen LogP contribution in [0, 0.1) is 0 Å². The van der Waals surface area contributed by atoms with E-state index < -0.39 is 7.49 Å². The van der Waals surface area contributed by atoms with Crippen molar-refractivity contribution in [1.82, 2.24) is 13.7 Å². The van der Waals surface area contributed by atoms with Gasteiger partial charge in [-0.1, -0.05) is 36.4 Å². The average Bonchev–Trinajstić information content (AvgIpc) is 4.16. The molecule has 13 aromatic rings. The fraction of sp³-hybridized carbons (Fsp3) is 0. The molecule has 0 saturated heterocycles. The standard InChI is InChI=1S/C54H36N3OPS2/c58-59(40-11-3-1-4-12-40,41-13-5-2-6-14-41)42-25-23-39(24-26-42)57-50-32-36-28-30-61-52(36)34-46(50)53-54(57)45-33-51-35(27-29-60-51)31-49(45)56(53)38-21-19-37(20-22-38)55-47-17-9-7-15-43(47)44-16-8-10-18-48(44)55/h1-34,58-59H. The molecule has 0 bridgehead atoms. The summed E-state index contributed by atoms with van der Waals surface area (Å²) in [6, 6.07) is 69.6. The zero-order chi connectivity index (χ0) is 40.2. The second-order valence-corrected chi connectivity index (χ2v) is 20.9. The van der Waals surface area contributed by atoms with Crippen molar-refractivity contribution >= 4 is 121 Å². The van der Waals surface area contributed by atoms with Gasteiger partial charge in [0.15, 0.2) is 0 Å². The third-order valence-electron chi connectivity index (χ3n) is 12.7. The van der Waals surface area contributed by atoms with E-state index in [1.807, 2.05) is 36.4 Å². The van der Waals surface area contributed by atoms with Gasteiger partial charge in [-0.15, -0.1) is 0 Å². The maximum atomic E-state index is 12.8. The van der Waals surface area contributed by atoms with Crippen molar-refractivity contribution in [2.24, 2.45) is 0 Å². The van der Waals surface area contributed by atoms with E-state index in [1.165, 1.54) is 69.3 Å². The summed E-state index contributed by atoms with van der Waals surface area (Å²) in [5, 5.41) is 14.7. The van der Waals surface area contributed by atoms with E-state index in [0.29, 0.717) is 0 Å². The summed E-state index contributed by atoms with van der Waals surface area (Å²) in [5.41, 5.74) is 10.4. The number of benzene rings is 8. The summed E-state index contributed by atoms with van der Waals surface area (Å²) in [5.74, 6) is 0. The number of rotatable bonds is 6. The van der Waals surface area contributed by atoms with Crippen molar-refractivity contribution in [1.29, 1.82) is 0 Å². The molecule has 290 valence electrons. The van der Waals surface area contributed by atoms with E-state index in [9.17, 15) is 4.89 Å². The molecule has 5 heterocycles. The first-order valence-corrected chi connectivity index (χ1v) is 24.2. The van der Waals surface area contributed by atoms with Crippen LogP contribution < -0.4 is 15.9 Å². The number of hydrogen-bond donors (Lipinski definition) is 1. The third kappa shape index (κ3) is 5.11. The molecule has 0 atom stereocenters. The van der Waals surface area contributed by atoms with Crippen LogP contribution in [-0.4, -0.2) is 18.6 Å². The van der Waals surface area contributed by atoms with Gasteiger partial charge >= 0.3 is 287 Å². The van der Waals surface area contributed by atoms with Gasteiger partial charge in [-0.3, -0.25) is 0 Å². The molecule has 0 unspecified atom stereocenters. The normalized spacial score (nSPS) is 12.6. The molecule has 0 radical (unpaired) electrons. The predicted octanol–water partition coefficient (Wildman–Crippen LogP) is 13.2. The molecule has 0 amide bonds. The Hall–Kier alpha value is -6.79. The molecule has 4 nitrogen and oxygen atoms in total. The average molecular weight is 838 g/mol. The molecule has 0 fully saturated rings. The van der Waals surface area contributed by atoms with E-state index in [-0.39, 0.29) is 0 Å². The van der Waals surface area contributed by atoms with E-state index in [2.05, 4.69) is 182 Å². The van der Waals surface area contributed by atoms with Crippen molar-refractivity contribution in [3.8, 4) is 17.1 Å². The molecule has 0 saturated carbocycles. The molecule has 0 spiro atoms. The molecule has 13 rings (SSSR count). The van der Waals surface area contributed by atoms with Crippen molar-refractivity contribution in [2.75, 3.05) is 0 Å². The van der Waals surface area contributed by atoms with E-state index in [0.717, 1.165) is 38.5 Å². The number of nitrogens with zero attached hydrogens (tertiary/aromatic N) is 3. The Labute approximate surface area is 359 Å². The minimum atomic E-state index is -3.29. The Balaban J connectivity index is 1.06. The van der Waals surface area contributed by atoms with Crippen LogP contribution >= 0.6 is 30.2 Å². The van der Waals surface area contributed by atoms with Gasteiger partial charge in [-0.25, -0.2) is 0 Å². The van der Waals surface area contributed by atoms with Crippen LogP contribution in [0.15, 0.2) is 205 Å². The quantitative estimate of drug-likeness (QED) is 0.166. The molecule has 61 heavy (non-hydrogen) atoms. The minimum absolute atomic E-state index is 0.952. The van der Waals surface area contributed by atoms with Gasteiger partial charge in [0.2, 0.25) is 0 Å². The number of aromatic nitrogens is 3. The number of hydrogen-bond acceptors (Lipinski definition) is 3. The van der Waals surface area contributed by atoms with E-state index in [4.69, 9.17) is 0 Å². The second kappa shape index (κ2) is 13.4. The first-order chi connectivity index (χ1) is 30.1. The van der Waals surface area contributed by atoms with Gasteiger partial charge in [0, 0.05) is 10.8 Å². The summed E-state index contributed by atoms with van der Waals surface area (Å²) < 4.78 is 9.86. The molecule has 5 aromatic heterocycles.